The molecule has 0 N–H and O–H groups in total. The van der Waals surface area contributed by atoms with Gasteiger partial charge in [-0.05, 0) is 26.0 Å². The summed E-state index contributed by atoms with van der Waals surface area (Å²) < 4.78 is 36.2. The van der Waals surface area contributed by atoms with Crippen LogP contribution in [0, 0.1) is 11.6 Å². The van der Waals surface area contributed by atoms with Gasteiger partial charge in [0.25, 0.3) is 0 Å². The molecule has 0 bridgehead atoms. The highest BCUT2D eigenvalue weighted by atomic mass is 19.2. The van der Waals surface area contributed by atoms with Gasteiger partial charge in [0.05, 0.1) is 17.8 Å². The lowest BCUT2D eigenvalue weighted by atomic mass is 10.1. The molecular formula is C13H16F2O3. The molecule has 0 aliphatic rings. The van der Waals surface area contributed by atoms with Gasteiger partial charge in [-0.3, -0.25) is 0 Å². The van der Waals surface area contributed by atoms with E-state index in [1.54, 1.807) is 7.11 Å². The van der Waals surface area contributed by atoms with E-state index in [4.69, 9.17) is 9.47 Å². The maximum atomic E-state index is 13.3. The van der Waals surface area contributed by atoms with Crippen LogP contribution in [0.1, 0.15) is 30.6 Å². The zero-order valence-corrected chi connectivity index (χ0v) is 10.6. The minimum absolute atomic E-state index is 0.0790. The molecule has 1 aromatic rings. The Morgan fingerprint density at radius 3 is 2.61 bits per heavy atom. The average Bonchev–Trinajstić information content (AvgIpc) is 2.32. The topological polar surface area (TPSA) is 35.5 Å². The molecule has 0 saturated heterocycles. The Kier molecular flexibility index (Phi) is 4.78. The lowest BCUT2D eigenvalue weighted by Gasteiger charge is -2.22. The van der Waals surface area contributed by atoms with Crippen LogP contribution in [0.3, 0.4) is 0 Å². The summed E-state index contributed by atoms with van der Waals surface area (Å²) in [7, 11) is 1.55. The number of carbonyl (C=O) groups is 1. The molecule has 0 spiro atoms. The molecule has 5 heteroatoms. The molecule has 0 saturated carbocycles. The van der Waals surface area contributed by atoms with Gasteiger partial charge < -0.3 is 9.47 Å². The van der Waals surface area contributed by atoms with E-state index in [1.807, 2.05) is 13.8 Å². The molecule has 100 valence electrons. The first-order valence-corrected chi connectivity index (χ1v) is 5.53. The fraction of sp³-hybridized carbons (Fsp3) is 0.462. The largest absolute Gasteiger partial charge is 0.462 e. The summed E-state index contributed by atoms with van der Waals surface area (Å²) in [5, 5.41) is 0. The molecule has 18 heavy (non-hydrogen) atoms. The molecule has 0 unspecified atom stereocenters. The maximum absolute atomic E-state index is 13.3. The van der Waals surface area contributed by atoms with Crippen LogP contribution in [0.4, 0.5) is 8.78 Å². The van der Waals surface area contributed by atoms with E-state index < -0.39 is 28.8 Å². The second kappa shape index (κ2) is 5.91. The van der Waals surface area contributed by atoms with Crippen LogP contribution in [-0.2, 0) is 9.47 Å². The molecule has 0 atom stereocenters. The number of benzene rings is 1. The Hall–Kier alpha value is -1.49. The van der Waals surface area contributed by atoms with Crippen molar-refractivity contribution in [3.05, 3.63) is 35.4 Å². The molecule has 1 aromatic carbocycles. The summed E-state index contributed by atoms with van der Waals surface area (Å²) >= 11 is 0. The number of ether oxygens (including phenoxy) is 2. The lowest BCUT2D eigenvalue weighted by Crippen LogP contribution is -2.25. The lowest BCUT2D eigenvalue weighted by molar-refractivity contribution is -0.00577. The zero-order chi connectivity index (χ0) is 13.8. The molecule has 0 aromatic heterocycles. The number of hydrogen-bond donors (Lipinski definition) is 0. The van der Waals surface area contributed by atoms with Crippen molar-refractivity contribution in [2.75, 3.05) is 13.7 Å². The van der Waals surface area contributed by atoms with E-state index >= 15 is 0 Å². The third-order valence-corrected chi connectivity index (χ3v) is 2.66. The van der Waals surface area contributed by atoms with E-state index in [0.717, 1.165) is 6.07 Å². The second-order valence-corrected chi connectivity index (χ2v) is 4.45. The molecule has 0 aliphatic heterocycles. The van der Waals surface area contributed by atoms with Gasteiger partial charge in [-0.15, -0.1) is 0 Å². The number of methoxy groups -OCH3 is 1. The monoisotopic (exact) mass is 258 g/mol. The van der Waals surface area contributed by atoms with Gasteiger partial charge in [0.1, 0.15) is 0 Å². The maximum Gasteiger partial charge on any atom is 0.341 e. The summed E-state index contributed by atoms with van der Waals surface area (Å²) in [6.07, 6.45) is 0.464. The fourth-order valence-electron chi connectivity index (χ4n) is 1.23. The predicted molar refractivity (Wildman–Crippen MR) is 62.3 cm³/mol. The van der Waals surface area contributed by atoms with Crippen molar-refractivity contribution in [1.29, 1.82) is 0 Å². The third-order valence-electron chi connectivity index (χ3n) is 2.66. The highest BCUT2D eigenvalue weighted by Crippen LogP contribution is 2.15. The molecule has 0 amide bonds. The van der Waals surface area contributed by atoms with Gasteiger partial charge in [0.2, 0.25) is 0 Å². The molecule has 3 nitrogen and oxygen atoms in total. The molecule has 0 radical (unpaired) electrons. The number of esters is 1. The Labute approximate surface area is 105 Å². The van der Waals surface area contributed by atoms with Gasteiger partial charge in [0.15, 0.2) is 11.6 Å². The van der Waals surface area contributed by atoms with E-state index in [0.29, 0.717) is 6.42 Å². The summed E-state index contributed by atoms with van der Waals surface area (Å²) in [4.78, 5) is 11.5. The van der Waals surface area contributed by atoms with Crippen LogP contribution >= 0.6 is 0 Å². The van der Waals surface area contributed by atoms with Crippen molar-refractivity contribution in [3.8, 4) is 0 Å². The van der Waals surface area contributed by atoms with E-state index in [2.05, 4.69) is 0 Å². The summed E-state index contributed by atoms with van der Waals surface area (Å²) in [6, 6.07) is 3.39. The number of rotatable bonds is 5. The van der Waals surface area contributed by atoms with Crippen molar-refractivity contribution in [2.24, 2.45) is 0 Å². The fourth-order valence-corrected chi connectivity index (χ4v) is 1.23. The van der Waals surface area contributed by atoms with Crippen molar-refractivity contribution >= 4 is 5.97 Å². The SMILES string of the molecule is COC(C)(C)CCOC(=O)c1cccc(F)c1F. The minimum Gasteiger partial charge on any atom is -0.462 e. The molecule has 0 heterocycles. The van der Waals surface area contributed by atoms with E-state index in [9.17, 15) is 13.6 Å². The first-order valence-electron chi connectivity index (χ1n) is 5.53. The Morgan fingerprint density at radius 2 is 2.00 bits per heavy atom. The number of hydrogen-bond acceptors (Lipinski definition) is 3. The third kappa shape index (κ3) is 3.77. The smallest absolute Gasteiger partial charge is 0.341 e. The molecular weight excluding hydrogens is 242 g/mol. The van der Waals surface area contributed by atoms with E-state index in [-0.39, 0.29) is 6.61 Å². The molecule has 1 rings (SSSR count). The Bertz CT molecular complexity index is 430. The van der Waals surface area contributed by atoms with Crippen molar-refractivity contribution in [1.82, 2.24) is 0 Å². The van der Waals surface area contributed by atoms with Gasteiger partial charge in [0, 0.05) is 13.5 Å². The molecule has 0 aliphatic carbocycles. The normalized spacial score (nSPS) is 11.4. The zero-order valence-electron chi connectivity index (χ0n) is 10.6. The van der Waals surface area contributed by atoms with Gasteiger partial charge >= 0.3 is 5.97 Å². The van der Waals surface area contributed by atoms with Crippen LogP contribution < -0.4 is 0 Å². The van der Waals surface area contributed by atoms with Crippen molar-refractivity contribution in [3.63, 3.8) is 0 Å². The second-order valence-electron chi connectivity index (χ2n) is 4.45. The van der Waals surface area contributed by atoms with Gasteiger partial charge in [-0.25, -0.2) is 13.6 Å². The van der Waals surface area contributed by atoms with Gasteiger partial charge in [-0.2, -0.15) is 0 Å². The summed E-state index contributed by atoms with van der Waals surface area (Å²) in [5.74, 6) is -3.13. The van der Waals surface area contributed by atoms with Gasteiger partial charge in [-0.1, -0.05) is 6.07 Å². The molecule has 0 fully saturated rings. The summed E-state index contributed by atoms with van der Waals surface area (Å²) in [5.41, 5.74) is -0.828. The number of carbonyl (C=O) groups excluding carboxylic acids is 1. The highest BCUT2D eigenvalue weighted by Gasteiger charge is 2.19. The predicted octanol–water partition coefficient (Wildman–Crippen LogP) is 2.94. The average molecular weight is 258 g/mol. The van der Waals surface area contributed by atoms with Crippen molar-refractivity contribution < 1.29 is 23.0 Å². The van der Waals surface area contributed by atoms with Crippen LogP contribution in [0.2, 0.25) is 0 Å². The summed E-state index contributed by atoms with van der Waals surface area (Å²) in [6.45, 7) is 3.75. The van der Waals surface area contributed by atoms with E-state index in [1.165, 1.54) is 12.1 Å². The first kappa shape index (κ1) is 14.6. The Balaban J connectivity index is 2.59. The van der Waals surface area contributed by atoms with Crippen LogP contribution in [0.5, 0.6) is 0 Å². The quantitative estimate of drug-likeness (QED) is 0.762. The van der Waals surface area contributed by atoms with Crippen LogP contribution in [-0.4, -0.2) is 25.3 Å². The standard InChI is InChI=1S/C13H16F2O3/c1-13(2,17-3)7-8-18-12(16)9-5-4-6-10(14)11(9)15/h4-6H,7-8H2,1-3H3. The van der Waals surface area contributed by atoms with Crippen LogP contribution in [0.15, 0.2) is 18.2 Å². The van der Waals surface area contributed by atoms with Crippen molar-refractivity contribution in [2.45, 2.75) is 25.9 Å². The number of halogens is 2. The highest BCUT2D eigenvalue weighted by molar-refractivity contribution is 5.89. The van der Waals surface area contributed by atoms with Crippen LogP contribution in [0.25, 0.3) is 0 Å². The minimum atomic E-state index is -1.19. The first-order chi connectivity index (χ1) is 8.37. The Morgan fingerprint density at radius 1 is 1.33 bits per heavy atom.